The van der Waals surface area contributed by atoms with Crippen LogP contribution >= 0.6 is 0 Å². The lowest BCUT2D eigenvalue weighted by atomic mass is 9.96. The number of hydrogen-bond donors (Lipinski definition) is 2. The van der Waals surface area contributed by atoms with E-state index in [1.807, 2.05) is 54.3 Å². The van der Waals surface area contributed by atoms with E-state index in [-0.39, 0.29) is 17.8 Å². The quantitative estimate of drug-likeness (QED) is 0.704. The molecule has 2 aromatic carbocycles. The summed E-state index contributed by atoms with van der Waals surface area (Å²) in [5.74, 6) is 0. The average molecular weight is 390 g/mol. The molecule has 0 spiro atoms. The number of aryl methyl sites for hydroxylation is 1. The van der Waals surface area contributed by atoms with E-state index in [9.17, 15) is 9.59 Å². The second-order valence-electron chi connectivity index (χ2n) is 7.55. The van der Waals surface area contributed by atoms with Crippen molar-refractivity contribution in [1.82, 2.24) is 14.5 Å². The number of hydrogen-bond acceptors (Lipinski definition) is 2. The van der Waals surface area contributed by atoms with Crippen molar-refractivity contribution in [2.75, 3.05) is 11.9 Å². The predicted octanol–water partition coefficient (Wildman–Crippen LogP) is 4.10. The van der Waals surface area contributed by atoms with E-state index in [0.717, 1.165) is 37.9 Å². The highest BCUT2D eigenvalue weighted by molar-refractivity contribution is 5.92. The summed E-state index contributed by atoms with van der Waals surface area (Å²) >= 11 is 0. The zero-order valence-corrected chi connectivity index (χ0v) is 16.6. The van der Waals surface area contributed by atoms with Crippen LogP contribution in [0, 0.1) is 6.92 Å². The van der Waals surface area contributed by atoms with E-state index < -0.39 is 0 Å². The highest BCUT2D eigenvalue weighted by atomic mass is 16.2. The van der Waals surface area contributed by atoms with Crippen molar-refractivity contribution in [3.8, 4) is 5.69 Å². The van der Waals surface area contributed by atoms with E-state index in [0.29, 0.717) is 11.4 Å². The summed E-state index contributed by atoms with van der Waals surface area (Å²) in [4.78, 5) is 30.0. The lowest BCUT2D eigenvalue weighted by Crippen LogP contribution is -2.47. The highest BCUT2D eigenvalue weighted by Gasteiger charge is 2.27. The molecule has 150 valence electrons. The summed E-state index contributed by atoms with van der Waals surface area (Å²) in [6.45, 7) is 2.60. The molecule has 0 radical (unpaired) electrons. The number of para-hydroxylation sites is 2. The first-order valence-electron chi connectivity index (χ1n) is 10.1. The van der Waals surface area contributed by atoms with Crippen molar-refractivity contribution in [1.29, 1.82) is 0 Å². The Morgan fingerprint density at radius 1 is 1.10 bits per heavy atom. The van der Waals surface area contributed by atoms with E-state index in [2.05, 4.69) is 22.4 Å². The topological polar surface area (TPSA) is 70.1 Å². The summed E-state index contributed by atoms with van der Waals surface area (Å²) in [5, 5.41) is 3.05. The number of carbonyl (C=O) groups excluding carboxylic acids is 1. The molecule has 4 rings (SSSR count). The first kappa shape index (κ1) is 19.1. The number of urea groups is 1. The molecule has 0 saturated carbocycles. The van der Waals surface area contributed by atoms with Gasteiger partial charge in [0.05, 0.1) is 11.4 Å². The van der Waals surface area contributed by atoms with Crippen LogP contribution in [0.3, 0.4) is 0 Å². The molecule has 6 nitrogen and oxygen atoms in total. The minimum absolute atomic E-state index is 0.112. The van der Waals surface area contributed by atoms with Gasteiger partial charge in [0, 0.05) is 24.5 Å². The molecule has 1 saturated heterocycles. The summed E-state index contributed by atoms with van der Waals surface area (Å²) in [5.41, 5.74) is 3.11. The van der Waals surface area contributed by atoms with Crippen LogP contribution in [0.5, 0.6) is 0 Å². The molecule has 0 bridgehead atoms. The molecule has 29 heavy (non-hydrogen) atoms. The van der Waals surface area contributed by atoms with Crippen molar-refractivity contribution < 1.29 is 4.79 Å². The number of aromatic amines is 1. The Hall–Kier alpha value is -3.28. The number of benzene rings is 2. The normalized spacial score (nSPS) is 16.6. The molecular formula is C23H26N4O2. The van der Waals surface area contributed by atoms with Crippen LogP contribution in [0.1, 0.15) is 30.5 Å². The van der Waals surface area contributed by atoms with E-state index in [4.69, 9.17) is 0 Å². The second kappa shape index (κ2) is 8.39. The van der Waals surface area contributed by atoms with Crippen LogP contribution in [0.2, 0.25) is 0 Å². The number of piperidine rings is 1. The minimum atomic E-state index is -0.218. The SMILES string of the molecule is Cc1c[nH]c(=O)n1-c1ccccc1NC(=O)N1CCCCC1Cc1ccccc1. The van der Waals surface area contributed by atoms with Crippen LogP contribution in [-0.4, -0.2) is 33.1 Å². The molecule has 3 aromatic rings. The fraction of sp³-hybridized carbons (Fsp3) is 0.304. The smallest absolute Gasteiger partial charge is 0.321 e. The number of amides is 2. The summed E-state index contributed by atoms with van der Waals surface area (Å²) in [7, 11) is 0. The number of likely N-dealkylation sites (tertiary alicyclic amines) is 1. The van der Waals surface area contributed by atoms with E-state index >= 15 is 0 Å². The van der Waals surface area contributed by atoms with Crippen molar-refractivity contribution in [3.05, 3.63) is 82.5 Å². The number of imidazole rings is 1. The highest BCUT2D eigenvalue weighted by Crippen LogP contribution is 2.24. The van der Waals surface area contributed by atoms with Crippen LogP contribution in [-0.2, 0) is 6.42 Å². The van der Waals surface area contributed by atoms with Crippen LogP contribution in [0.15, 0.2) is 65.6 Å². The summed E-state index contributed by atoms with van der Waals surface area (Å²) < 4.78 is 1.58. The van der Waals surface area contributed by atoms with Gasteiger partial charge in [0.1, 0.15) is 0 Å². The maximum absolute atomic E-state index is 13.2. The monoisotopic (exact) mass is 390 g/mol. The largest absolute Gasteiger partial charge is 0.330 e. The predicted molar refractivity (Wildman–Crippen MR) is 115 cm³/mol. The van der Waals surface area contributed by atoms with E-state index in [1.54, 1.807) is 10.8 Å². The number of anilines is 1. The third-order valence-electron chi connectivity index (χ3n) is 5.55. The molecule has 1 aromatic heterocycles. The fourth-order valence-electron chi connectivity index (χ4n) is 4.08. The molecule has 1 fully saturated rings. The van der Waals surface area contributed by atoms with E-state index in [1.165, 1.54) is 5.56 Å². The standard InChI is InChI=1S/C23H26N4O2/c1-17-16-24-22(28)27(17)21-13-6-5-12-20(21)25-23(29)26-14-8-7-11-19(26)15-18-9-3-2-4-10-18/h2-6,9-10,12-13,16,19H,7-8,11,14-15H2,1H3,(H,24,28)(H,25,29). The number of nitrogens with zero attached hydrogens (tertiary/aromatic N) is 2. The lowest BCUT2D eigenvalue weighted by molar-refractivity contribution is 0.162. The third kappa shape index (κ3) is 4.11. The zero-order valence-electron chi connectivity index (χ0n) is 16.6. The summed E-state index contributed by atoms with van der Waals surface area (Å²) in [6.07, 6.45) is 5.67. The Kier molecular flexibility index (Phi) is 5.51. The fourth-order valence-corrected chi connectivity index (χ4v) is 4.08. The molecule has 2 N–H and O–H groups in total. The first-order chi connectivity index (χ1) is 14.1. The van der Waals surface area contributed by atoms with Crippen molar-refractivity contribution in [3.63, 3.8) is 0 Å². The van der Waals surface area contributed by atoms with Gasteiger partial charge in [0.25, 0.3) is 0 Å². The number of nitrogens with one attached hydrogen (secondary N) is 2. The van der Waals surface area contributed by atoms with Crippen LogP contribution in [0.4, 0.5) is 10.5 Å². The number of aromatic nitrogens is 2. The molecule has 1 aliphatic heterocycles. The van der Waals surface area contributed by atoms with Gasteiger partial charge in [-0.05, 0) is 50.3 Å². The maximum atomic E-state index is 13.2. The van der Waals surface area contributed by atoms with Gasteiger partial charge in [0.15, 0.2) is 0 Å². The molecular weight excluding hydrogens is 364 g/mol. The molecule has 1 aliphatic rings. The van der Waals surface area contributed by atoms with Crippen LogP contribution < -0.4 is 11.0 Å². The molecule has 1 atom stereocenters. The zero-order chi connectivity index (χ0) is 20.2. The molecule has 6 heteroatoms. The minimum Gasteiger partial charge on any atom is -0.321 e. The maximum Gasteiger partial charge on any atom is 0.330 e. The van der Waals surface area contributed by atoms with Gasteiger partial charge in [-0.1, -0.05) is 42.5 Å². The lowest BCUT2D eigenvalue weighted by Gasteiger charge is -2.36. The second-order valence-corrected chi connectivity index (χ2v) is 7.55. The van der Waals surface area contributed by atoms with Gasteiger partial charge in [-0.25, -0.2) is 9.59 Å². The Balaban J connectivity index is 1.56. The Labute approximate surface area is 170 Å². The van der Waals surface area contributed by atoms with Gasteiger partial charge >= 0.3 is 11.7 Å². The van der Waals surface area contributed by atoms with Crippen molar-refractivity contribution in [2.24, 2.45) is 0 Å². The van der Waals surface area contributed by atoms with Gasteiger partial charge in [-0.3, -0.25) is 4.57 Å². The molecule has 0 aliphatic carbocycles. The van der Waals surface area contributed by atoms with Gasteiger partial charge in [0.2, 0.25) is 0 Å². The van der Waals surface area contributed by atoms with Gasteiger partial charge in [-0.2, -0.15) is 0 Å². The third-order valence-corrected chi connectivity index (χ3v) is 5.55. The molecule has 2 heterocycles. The van der Waals surface area contributed by atoms with Crippen LogP contribution in [0.25, 0.3) is 5.69 Å². The number of H-pyrrole nitrogens is 1. The van der Waals surface area contributed by atoms with Crippen molar-refractivity contribution in [2.45, 2.75) is 38.6 Å². The van der Waals surface area contributed by atoms with Gasteiger partial charge in [-0.15, -0.1) is 0 Å². The Morgan fingerprint density at radius 3 is 2.62 bits per heavy atom. The van der Waals surface area contributed by atoms with Gasteiger partial charge < -0.3 is 15.2 Å². The average Bonchev–Trinajstić information content (AvgIpc) is 3.07. The Bertz CT molecular complexity index is 1040. The first-order valence-corrected chi connectivity index (χ1v) is 10.1. The Morgan fingerprint density at radius 2 is 1.86 bits per heavy atom. The number of rotatable bonds is 4. The molecule has 1 unspecified atom stereocenters. The van der Waals surface area contributed by atoms with Crippen molar-refractivity contribution >= 4 is 11.7 Å². The molecule has 2 amide bonds. The number of carbonyl (C=O) groups is 1. The summed E-state index contributed by atoms with van der Waals surface area (Å²) in [6, 6.07) is 17.8.